The van der Waals surface area contributed by atoms with Crippen molar-refractivity contribution in [2.45, 2.75) is 37.6 Å². The monoisotopic (exact) mass is 329 g/mol. The largest absolute Gasteiger partial charge is 0.350 e. The van der Waals surface area contributed by atoms with E-state index in [0.29, 0.717) is 19.5 Å². The summed E-state index contributed by atoms with van der Waals surface area (Å²) in [6.07, 6.45) is 1.98. The molecule has 2 N–H and O–H groups in total. The number of nitrogens with one attached hydrogen (secondary N) is 2. The van der Waals surface area contributed by atoms with Crippen LogP contribution in [0, 0.1) is 0 Å². The molecule has 1 aromatic carbocycles. The van der Waals surface area contributed by atoms with Gasteiger partial charge in [-0.1, -0.05) is 30.3 Å². The predicted molar refractivity (Wildman–Crippen MR) is 89.2 cm³/mol. The molecule has 2 aliphatic rings. The fraction of sp³-hybridized carbons (Fsp3) is 0.500. The minimum absolute atomic E-state index is 0.0385. The van der Waals surface area contributed by atoms with Crippen LogP contribution < -0.4 is 10.6 Å². The molecule has 0 saturated carbocycles. The van der Waals surface area contributed by atoms with Crippen molar-refractivity contribution in [1.29, 1.82) is 0 Å². The highest BCUT2D eigenvalue weighted by atomic mass is 16.2. The second kappa shape index (κ2) is 6.63. The summed E-state index contributed by atoms with van der Waals surface area (Å²) < 4.78 is 0. The molecule has 1 spiro atoms. The van der Waals surface area contributed by atoms with Crippen LogP contribution in [0.1, 0.15) is 37.7 Å². The maximum absolute atomic E-state index is 12.1. The number of piperidine rings is 1. The predicted octanol–water partition coefficient (Wildman–Crippen LogP) is 0.787. The van der Waals surface area contributed by atoms with Gasteiger partial charge in [0.1, 0.15) is 0 Å². The van der Waals surface area contributed by atoms with E-state index in [1.165, 1.54) is 12.5 Å². The second-order valence-electron chi connectivity index (χ2n) is 6.66. The molecule has 6 heteroatoms. The first-order valence-corrected chi connectivity index (χ1v) is 8.38. The lowest BCUT2D eigenvalue weighted by atomic mass is 9.74. The third kappa shape index (κ3) is 3.27. The van der Waals surface area contributed by atoms with E-state index in [0.717, 1.165) is 12.8 Å². The zero-order valence-corrected chi connectivity index (χ0v) is 13.9. The minimum Gasteiger partial charge on any atom is -0.350 e. The van der Waals surface area contributed by atoms with Gasteiger partial charge in [0.2, 0.25) is 17.7 Å². The van der Waals surface area contributed by atoms with Gasteiger partial charge in [0.25, 0.3) is 0 Å². The first-order chi connectivity index (χ1) is 11.5. The van der Waals surface area contributed by atoms with E-state index in [1.807, 2.05) is 18.2 Å². The van der Waals surface area contributed by atoms with Crippen molar-refractivity contribution < 1.29 is 14.4 Å². The molecule has 3 amide bonds. The number of carbonyl (C=O) groups excluding carboxylic acids is 3. The van der Waals surface area contributed by atoms with E-state index in [2.05, 4.69) is 22.8 Å². The third-order valence-electron chi connectivity index (χ3n) is 5.14. The third-order valence-corrected chi connectivity index (χ3v) is 5.14. The number of amides is 3. The quantitative estimate of drug-likeness (QED) is 0.860. The second-order valence-corrected chi connectivity index (χ2v) is 6.66. The molecule has 0 radical (unpaired) electrons. The Labute approximate surface area is 141 Å². The summed E-state index contributed by atoms with van der Waals surface area (Å²) in [6, 6.07) is 10.1. The Morgan fingerprint density at radius 2 is 1.92 bits per heavy atom. The highest BCUT2D eigenvalue weighted by molar-refractivity contribution is 5.84. The van der Waals surface area contributed by atoms with E-state index in [-0.39, 0.29) is 35.7 Å². The number of hydrogen-bond donors (Lipinski definition) is 2. The van der Waals surface area contributed by atoms with E-state index < -0.39 is 0 Å². The zero-order valence-electron chi connectivity index (χ0n) is 13.9. The van der Waals surface area contributed by atoms with Gasteiger partial charge in [-0.05, 0) is 18.4 Å². The summed E-state index contributed by atoms with van der Waals surface area (Å²) in [5.41, 5.74) is 0.914. The summed E-state index contributed by atoms with van der Waals surface area (Å²) in [5, 5.41) is 5.73. The van der Waals surface area contributed by atoms with Gasteiger partial charge >= 0.3 is 0 Å². The average molecular weight is 329 g/mol. The number of likely N-dealkylation sites (tertiary alicyclic amines) is 1. The van der Waals surface area contributed by atoms with E-state index in [4.69, 9.17) is 0 Å². The van der Waals surface area contributed by atoms with Gasteiger partial charge in [-0.2, -0.15) is 0 Å². The number of benzene rings is 1. The van der Waals surface area contributed by atoms with Crippen molar-refractivity contribution in [3.63, 3.8) is 0 Å². The number of nitrogens with zero attached hydrogens (tertiary/aromatic N) is 1. The Bertz CT molecular complexity index is 636. The van der Waals surface area contributed by atoms with Gasteiger partial charge in [-0.3, -0.25) is 14.4 Å². The molecule has 1 unspecified atom stereocenters. The van der Waals surface area contributed by atoms with Crippen molar-refractivity contribution in [3.05, 3.63) is 35.9 Å². The molecule has 24 heavy (non-hydrogen) atoms. The van der Waals surface area contributed by atoms with Crippen LogP contribution in [0.4, 0.5) is 0 Å². The first kappa shape index (κ1) is 16.5. The van der Waals surface area contributed by atoms with Crippen LogP contribution in [0.3, 0.4) is 0 Å². The van der Waals surface area contributed by atoms with Crippen LogP contribution in [-0.2, 0) is 14.4 Å². The highest BCUT2D eigenvalue weighted by Crippen LogP contribution is 2.42. The van der Waals surface area contributed by atoms with E-state index in [1.54, 1.807) is 4.90 Å². The molecule has 3 rings (SSSR count). The maximum atomic E-state index is 12.1. The molecular weight excluding hydrogens is 306 g/mol. The van der Waals surface area contributed by atoms with E-state index >= 15 is 0 Å². The van der Waals surface area contributed by atoms with Crippen molar-refractivity contribution >= 4 is 17.7 Å². The summed E-state index contributed by atoms with van der Waals surface area (Å²) >= 11 is 0. The number of rotatable bonds is 3. The molecular formula is C18H23N3O3. The summed E-state index contributed by atoms with van der Waals surface area (Å²) in [5.74, 6) is -0.0367. The van der Waals surface area contributed by atoms with Crippen molar-refractivity contribution in [2.24, 2.45) is 0 Å². The van der Waals surface area contributed by atoms with Gasteiger partial charge in [-0.25, -0.2) is 0 Å². The van der Waals surface area contributed by atoms with Crippen LogP contribution >= 0.6 is 0 Å². The molecule has 2 heterocycles. The van der Waals surface area contributed by atoms with Crippen LogP contribution in [0.15, 0.2) is 30.3 Å². The Hall–Kier alpha value is -2.37. The Kier molecular flexibility index (Phi) is 4.55. The van der Waals surface area contributed by atoms with Crippen LogP contribution in [0.5, 0.6) is 0 Å². The van der Waals surface area contributed by atoms with Crippen molar-refractivity contribution in [3.8, 4) is 0 Å². The molecule has 0 bridgehead atoms. The molecule has 0 aliphatic carbocycles. The van der Waals surface area contributed by atoms with Gasteiger partial charge in [-0.15, -0.1) is 0 Å². The smallest absolute Gasteiger partial charge is 0.241 e. The van der Waals surface area contributed by atoms with Gasteiger partial charge in [0, 0.05) is 32.4 Å². The topological polar surface area (TPSA) is 78.5 Å². The summed E-state index contributed by atoms with van der Waals surface area (Å²) in [7, 11) is 0. The first-order valence-electron chi connectivity index (χ1n) is 8.38. The lowest BCUT2D eigenvalue weighted by Gasteiger charge is -2.43. The molecule has 0 aromatic heterocycles. The Morgan fingerprint density at radius 1 is 1.25 bits per heavy atom. The van der Waals surface area contributed by atoms with Crippen LogP contribution in [-0.4, -0.2) is 47.8 Å². The molecule has 2 fully saturated rings. The standard InChI is InChI=1S/C18H23N3O3/c1-13(22)19-12-17(24)21-9-7-18(8-10-21)15(11-16(23)20-18)14-5-3-2-4-6-14/h2-6,15H,7-12H2,1H3,(H,19,22)(H,20,23). The Balaban J connectivity index is 1.68. The summed E-state index contributed by atoms with van der Waals surface area (Å²) in [6.45, 7) is 2.64. The lowest BCUT2D eigenvalue weighted by Crippen LogP contribution is -2.55. The molecule has 128 valence electrons. The SMILES string of the molecule is CC(=O)NCC(=O)N1CCC2(CC1)NC(=O)CC2c1ccccc1. The fourth-order valence-corrected chi connectivity index (χ4v) is 3.86. The molecule has 1 aromatic rings. The molecule has 6 nitrogen and oxygen atoms in total. The highest BCUT2D eigenvalue weighted by Gasteiger charge is 2.48. The van der Waals surface area contributed by atoms with E-state index in [9.17, 15) is 14.4 Å². The normalized spacial score (nSPS) is 22.3. The van der Waals surface area contributed by atoms with Crippen LogP contribution in [0.2, 0.25) is 0 Å². The lowest BCUT2D eigenvalue weighted by molar-refractivity contribution is -0.134. The number of hydrogen-bond acceptors (Lipinski definition) is 3. The average Bonchev–Trinajstić information content (AvgIpc) is 2.90. The zero-order chi connectivity index (χ0) is 17.2. The summed E-state index contributed by atoms with van der Waals surface area (Å²) in [4.78, 5) is 36.9. The van der Waals surface area contributed by atoms with Gasteiger partial charge in [0.05, 0.1) is 12.1 Å². The van der Waals surface area contributed by atoms with Crippen molar-refractivity contribution in [2.75, 3.05) is 19.6 Å². The van der Waals surface area contributed by atoms with Crippen molar-refractivity contribution in [1.82, 2.24) is 15.5 Å². The molecule has 1 atom stereocenters. The molecule has 2 aliphatic heterocycles. The Morgan fingerprint density at radius 3 is 2.54 bits per heavy atom. The number of carbonyl (C=O) groups is 3. The fourth-order valence-electron chi connectivity index (χ4n) is 3.86. The van der Waals surface area contributed by atoms with Gasteiger partial charge in [0.15, 0.2) is 0 Å². The maximum Gasteiger partial charge on any atom is 0.241 e. The van der Waals surface area contributed by atoms with Crippen LogP contribution in [0.25, 0.3) is 0 Å². The van der Waals surface area contributed by atoms with Gasteiger partial charge < -0.3 is 15.5 Å². The minimum atomic E-state index is -0.261. The molecule has 2 saturated heterocycles.